The highest BCUT2D eigenvalue weighted by molar-refractivity contribution is 5.91. The number of hydrogen-bond acceptors (Lipinski definition) is 3. The molecule has 7 heteroatoms. The number of anilines is 1. The van der Waals surface area contributed by atoms with Crippen molar-refractivity contribution < 1.29 is 22.7 Å². The Kier molecular flexibility index (Phi) is 5.97. The van der Waals surface area contributed by atoms with Gasteiger partial charge in [-0.05, 0) is 11.6 Å². The fourth-order valence-electron chi connectivity index (χ4n) is 1.68. The summed E-state index contributed by atoms with van der Waals surface area (Å²) in [5, 5.41) is 2.46. The van der Waals surface area contributed by atoms with Gasteiger partial charge in [0.1, 0.15) is 0 Å². The molecule has 1 aromatic rings. The molecule has 0 spiro atoms. The Hall–Kier alpha value is -1.60. The maximum absolute atomic E-state index is 12.4. The van der Waals surface area contributed by atoms with Crippen molar-refractivity contribution in [2.24, 2.45) is 5.73 Å². The molecule has 0 saturated heterocycles. The first-order valence-corrected chi connectivity index (χ1v) is 6.03. The predicted molar refractivity (Wildman–Crippen MR) is 69.3 cm³/mol. The number of nitrogens with two attached hydrogens (primary N) is 1. The normalized spacial score (nSPS) is 13.1. The largest absolute Gasteiger partial charge is 0.393 e. The van der Waals surface area contributed by atoms with Gasteiger partial charge in [0.15, 0.2) is 0 Å². The fraction of sp³-hybridized carbons (Fsp3) is 0.462. The van der Waals surface area contributed by atoms with E-state index >= 15 is 0 Å². The maximum Gasteiger partial charge on any atom is 0.393 e. The highest BCUT2D eigenvalue weighted by Gasteiger charge is 2.29. The van der Waals surface area contributed by atoms with Crippen LogP contribution in [0.3, 0.4) is 0 Å². The van der Waals surface area contributed by atoms with Crippen molar-refractivity contribution >= 4 is 11.6 Å². The molecule has 20 heavy (non-hydrogen) atoms. The molecular formula is C13H17F3N2O2. The van der Waals surface area contributed by atoms with Gasteiger partial charge in [-0.25, -0.2) is 0 Å². The Morgan fingerprint density at radius 1 is 1.40 bits per heavy atom. The summed E-state index contributed by atoms with van der Waals surface area (Å²) in [6, 6.07) is 5.82. The van der Waals surface area contributed by atoms with Crippen molar-refractivity contribution in [3.63, 3.8) is 0 Å². The zero-order chi connectivity index (χ0) is 15.2. The average molecular weight is 290 g/mol. The molecule has 0 fully saturated rings. The summed E-state index contributed by atoms with van der Waals surface area (Å²) in [7, 11) is 1.42. The number of nitrogens with one attached hydrogen (secondary N) is 1. The SMILES string of the molecule is COC(CN)CC(=O)Nc1ccccc1CC(F)(F)F. The predicted octanol–water partition coefficient (Wildman–Crippen LogP) is 2.09. The topological polar surface area (TPSA) is 64.3 Å². The Morgan fingerprint density at radius 2 is 2.05 bits per heavy atom. The Bertz CT molecular complexity index is 445. The second kappa shape index (κ2) is 7.25. The lowest BCUT2D eigenvalue weighted by atomic mass is 10.1. The van der Waals surface area contributed by atoms with Crippen molar-refractivity contribution in [1.82, 2.24) is 0 Å². The molecule has 0 saturated carbocycles. The quantitative estimate of drug-likeness (QED) is 0.843. The van der Waals surface area contributed by atoms with Gasteiger partial charge in [0, 0.05) is 19.3 Å². The van der Waals surface area contributed by atoms with E-state index in [2.05, 4.69) is 5.32 Å². The summed E-state index contributed by atoms with van der Waals surface area (Å²) >= 11 is 0. The third-order valence-electron chi connectivity index (χ3n) is 2.69. The van der Waals surface area contributed by atoms with E-state index in [9.17, 15) is 18.0 Å². The van der Waals surface area contributed by atoms with Crippen molar-refractivity contribution in [2.75, 3.05) is 19.0 Å². The van der Waals surface area contributed by atoms with E-state index in [1.165, 1.54) is 25.3 Å². The van der Waals surface area contributed by atoms with E-state index < -0.39 is 24.6 Å². The number of carbonyl (C=O) groups excluding carboxylic acids is 1. The molecule has 0 aromatic heterocycles. The Labute approximate surface area is 115 Å². The minimum absolute atomic E-state index is 0.00660. The number of rotatable bonds is 6. The zero-order valence-electron chi connectivity index (χ0n) is 11.0. The molecule has 112 valence electrons. The van der Waals surface area contributed by atoms with Crippen LogP contribution in [0.15, 0.2) is 24.3 Å². The number of para-hydroxylation sites is 1. The summed E-state index contributed by atoms with van der Waals surface area (Å²) in [5.74, 6) is -0.433. The van der Waals surface area contributed by atoms with Crippen LogP contribution in [-0.4, -0.2) is 31.8 Å². The van der Waals surface area contributed by atoms with Gasteiger partial charge in [-0.1, -0.05) is 18.2 Å². The molecule has 4 nitrogen and oxygen atoms in total. The molecule has 0 bridgehead atoms. The summed E-state index contributed by atoms with van der Waals surface area (Å²) in [6.45, 7) is 0.161. The Balaban J connectivity index is 2.74. The van der Waals surface area contributed by atoms with Crippen molar-refractivity contribution in [3.8, 4) is 0 Å². The minimum atomic E-state index is -4.33. The molecule has 1 atom stereocenters. The van der Waals surface area contributed by atoms with Crippen LogP contribution in [0.2, 0.25) is 0 Å². The van der Waals surface area contributed by atoms with Crippen LogP contribution in [0.25, 0.3) is 0 Å². The smallest absolute Gasteiger partial charge is 0.380 e. The molecule has 0 heterocycles. The molecule has 0 aliphatic rings. The number of methoxy groups -OCH3 is 1. The third-order valence-corrected chi connectivity index (χ3v) is 2.69. The second-order valence-electron chi connectivity index (χ2n) is 4.29. The number of benzene rings is 1. The number of alkyl halides is 3. The van der Waals surface area contributed by atoms with Crippen LogP contribution in [-0.2, 0) is 16.0 Å². The van der Waals surface area contributed by atoms with Crippen molar-refractivity contribution in [1.29, 1.82) is 0 Å². The van der Waals surface area contributed by atoms with Gasteiger partial charge < -0.3 is 15.8 Å². The van der Waals surface area contributed by atoms with Crippen LogP contribution >= 0.6 is 0 Å². The summed E-state index contributed by atoms with van der Waals surface area (Å²) in [6.07, 6.45) is -5.88. The number of amides is 1. The fourth-order valence-corrected chi connectivity index (χ4v) is 1.68. The van der Waals surface area contributed by atoms with Gasteiger partial charge in [0.2, 0.25) is 5.91 Å². The second-order valence-corrected chi connectivity index (χ2v) is 4.29. The van der Waals surface area contributed by atoms with Crippen LogP contribution in [0.4, 0.5) is 18.9 Å². The Morgan fingerprint density at radius 3 is 2.60 bits per heavy atom. The van der Waals surface area contributed by atoms with Gasteiger partial charge in [-0.3, -0.25) is 4.79 Å². The van der Waals surface area contributed by atoms with Crippen molar-refractivity contribution in [2.45, 2.75) is 25.1 Å². The van der Waals surface area contributed by atoms with E-state index in [1.54, 1.807) is 6.07 Å². The van der Waals surface area contributed by atoms with Gasteiger partial charge in [-0.15, -0.1) is 0 Å². The minimum Gasteiger partial charge on any atom is -0.380 e. The first-order valence-electron chi connectivity index (χ1n) is 6.03. The molecule has 0 aliphatic heterocycles. The lowest BCUT2D eigenvalue weighted by molar-refractivity contribution is -0.127. The van der Waals surface area contributed by atoms with Crippen molar-refractivity contribution in [3.05, 3.63) is 29.8 Å². The summed E-state index contributed by atoms with van der Waals surface area (Å²) in [4.78, 5) is 11.7. The third kappa shape index (κ3) is 5.58. The summed E-state index contributed by atoms with van der Waals surface area (Å²) in [5.41, 5.74) is 5.56. The van der Waals surface area contributed by atoms with Crippen LogP contribution in [0, 0.1) is 0 Å². The van der Waals surface area contributed by atoms with E-state index in [0.717, 1.165) is 0 Å². The van der Waals surface area contributed by atoms with E-state index in [0.29, 0.717) is 0 Å². The average Bonchev–Trinajstić information content (AvgIpc) is 2.36. The van der Waals surface area contributed by atoms with Gasteiger partial charge in [0.05, 0.1) is 18.9 Å². The molecule has 0 radical (unpaired) electrons. The van der Waals surface area contributed by atoms with E-state index in [1.807, 2.05) is 0 Å². The van der Waals surface area contributed by atoms with Crippen LogP contribution in [0.1, 0.15) is 12.0 Å². The number of halogens is 3. The van der Waals surface area contributed by atoms with E-state index in [4.69, 9.17) is 10.5 Å². The summed E-state index contributed by atoms with van der Waals surface area (Å²) < 4.78 is 42.2. The lowest BCUT2D eigenvalue weighted by Gasteiger charge is -2.15. The van der Waals surface area contributed by atoms with Crippen LogP contribution in [0.5, 0.6) is 0 Å². The first-order chi connectivity index (χ1) is 9.35. The van der Waals surface area contributed by atoms with Crippen LogP contribution < -0.4 is 11.1 Å². The number of ether oxygens (including phenoxy) is 1. The number of carbonyl (C=O) groups is 1. The van der Waals surface area contributed by atoms with Gasteiger partial charge in [0.25, 0.3) is 0 Å². The lowest BCUT2D eigenvalue weighted by Crippen LogP contribution is -2.28. The highest BCUT2D eigenvalue weighted by Crippen LogP contribution is 2.26. The molecule has 1 aromatic carbocycles. The van der Waals surface area contributed by atoms with E-state index in [-0.39, 0.29) is 24.2 Å². The monoisotopic (exact) mass is 290 g/mol. The molecule has 0 aliphatic carbocycles. The van der Waals surface area contributed by atoms with Gasteiger partial charge >= 0.3 is 6.18 Å². The molecule has 3 N–H and O–H groups in total. The first kappa shape index (κ1) is 16.5. The molecule has 1 rings (SSSR count). The molecular weight excluding hydrogens is 273 g/mol. The van der Waals surface area contributed by atoms with Gasteiger partial charge in [-0.2, -0.15) is 13.2 Å². The molecule has 1 amide bonds. The highest BCUT2D eigenvalue weighted by atomic mass is 19.4. The number of hydrogen-bond donors (Lipinski definition) is 2. The molecule has 1 unspecified atom stereocenters. The maximum atomic E-state index is 12.4. The zero-order valence-corrected chi connectivity index (χ0v) is 11.0. The standard InChI is InChI=1S/C13H17F3N2O2/c1-20-10(8-17)6-12(19)18-11-5-3-2-4-9(11)7-13(14,15)16/h2-5,10H,6-8,17H2,1H3,(H,18,19).